The highest BCUT2D eigenvalue weighted by atomic mass is 16.3. The molecule has 2 aliphatic rings. The van der Waals surface area contributed by atoms with E-state index in [-0.39, 0.29) is 5.41 Å². The minimum Gasteiger partial charge on any atom is -0.389 e. The molecule has 0 heterocycles. The number of hydrogen-bond donors (Lipinski definition) is 1. The fourth-order valence-corrected chi connectivity index (χ4v) is 4.04. The van der Waals surface area contributed by atoms with E-state index in [0.717, 1.165) is 18.8 Å². The monoisotopic (exact) mass is 208 g/mol. The Hall–Kier alpha value is -0.300. The van der Waals surface area contributed by atoms with Crippen LogP contribution in [-0.4, -0.2) is 10.7 Å². The maximum atomic E-state index is 10.9. The van der Waals surface area contributed by atoms with E-state index in [1.54, 1.807) is 0 Å². The van der Waals surface area contributed by atoms with Gasteiger partial charge < -0.3 is 5.11 Å². The third-order valence-electron chi connectivity index (χ3n) is 5.74. The fraction of sp³-hybridized carbons (Fsp3) is 0.857. The zero-order chi connectivity index (χ0) is 11.3. The molecule has 0 unspecified atom stereocenters. The average molecular weight is 208 g/mol. The molecule has 2 saturated carbocycles. The normalized spacial score (nSPS) is 47.9. The predicted octanol–water partition coefficient (Wildman–Crippen LogP) is 3.53. The van der Waals surface area contributed by atoms with Crippen molar-refractivity contribution in [2.45, 2.75) is 59.0 Å². The molecule has 1 N–H and O–H groups in total. The minimum atomic E-state index is -0.452. The second-order valence-corrected chi connectivity index (χ2v) is 6.30. The summed E-state index contributed by atoms with van der Waals surface area (Å²) < 4.78 is 0. The number of fused-ring (bicyclic) bond motifs is 2. The second kappa shape index (κ2) is 3.10. The summed E-state index contributed by atoms with van der Waals surface area (Å²) in [6, 6.07) is 0. The van der Waals surface area contributed by atoms with Gasteiger partial charge in [-0.2, -0.15) is 0 Å². The second-order valence-electron chi connectivity index (χ2n) is 6.30. The Kier molecular flexibility index (Phi) is 2.31. The van der Waals surface area contributed by atoms with Gasteiger partial charge in [0, 0.05) is 5.41 Å². The summed E-state index contributed by atoms with van der Waals surface area (Å²) in [5.41, 5.74) is -0.0283. The summed E-state index contributed by atoms with van der Waals surface area (Å²) in [6.07, 6.45) is 8.52. The van der Waals surface area contributed by atoms with E-state index in [0.29, 0.717) is 5.41 Å². The smallest absolute Gasteiger partial charge is 0.0743 e. The van der Waals surface area contributed by atoms with Crippen LogP contribution in [0.4, 0.5) is 0 Å². The van der Waals surface area contributed by atoms with Crippen LogP contribution in [0.1, 0.15) is 53.4 Å². The molecule has 2 fully saturated rings. The van der Waals surface area contributed by atoms with Gasteiger partial charge in [0.05, 0.1) is 5.60 Å². The van der Waals surface area contributed by atoms with Gasteiger partial charge in [0.1, 0.15) is 0 Å². The van der Waals surface area contributed by atoms with Crippen molar-refractivity contribution < 1.29 is 5.11 Å². The first-order chi connectivity index (χ1) is 6.87. The standard InChI is InChI=1S/C14H24O/c1-5-6-8-14(15)10-11-7-9-13(14,4)12(11,2)3/h5-6,11,15H,7-10H2,1-4H3/b6-5+/t11-,13-,14-/m1/s1. The van der Waals surface area contributed by atoms with Gasteiger partial charge in [-0.25, -0.2) is 0 Å². The van der Waals surface area contributed by atoms with E-state index in [1.165, 1.54) is 12.8 Å². The minimum absolute atomic E-state index is 0.115. The summed E-state index contributed by atoms with van der Waals surface area (Å²) >= 11 is 0. The molecule has 2 bridgehead atoms. The molecule has 0 radical (unpaired) electrons. The van der Waals surface area contributed by atoms with Gasteiger partial charge in [-0.05, 0) is 43.9 Å². The molecule has 0 spiro atoms. The predicted molar refractivity (Wildman–Crippen MR) is 63.6 cm³/mol. The van der Waals surface area contributed by atoms with Crippen molar-refractivity contribution >= 4 is 0 Å². The summed E-state index contributed by atoms with van der Waals surface area (Å²) in [5, 5.41) is 10.9. The summed E-state index contributed by atoms with van der Waals surface area (Å²) in [5.74, 6) is 0.720. The zero-order valence-electron chi connectivity index (χ0n) is 10.5. The van der Waals surface area contributed by atoms with E-state index in [2.05, 4.69) is 32.9 Å². The van der Waals surface area contributed by atoms with Gasteiger partial charge in [0.2, 0.25) is 0 Å². The number of hydrogen-bond acceptors (Lipinski definition) is 1. The van der Waals surface area contributed by atoms with Crippen molar-refractivity contribution in [3.63, 3.8) is 0 Å². The van der Waals surface area contributed by atoms with Crippen LogP contribution in [0, 0.1) is 16.7 Å². The van der Waals surface area contributed by atoms with Crippen LogP contribution in [0.5, 0.6) is 0 Å². The van der Waals surface area contributed by atoms with Crippen LogP contribution in [0.3, 0.4) is 0 Å². The first-order valence-corrected chi connectivity index (χ1v) is 6.21. The zero-order valence-corrected chi connectivity index (χ0v) is 10.5. The molecule has 2 aliphatic carbocycles. The summed E-state index contributed by atoms with van der Waals surface area (Å²) in [7, 11) is 0. The van der Waals surface area contributed by atoms with Crippen molar-refractivity contribution in [1.82, 2.24) is 0 Å². The third-order valence-corrected chi connectivity index (χ3v) is 5.74. The Morgan fingerprint density at radius 2 is 2.00 bits per heavy atom. The Morgan fingerprint density at radius 1 is 1.33 bits per heavy atom. The molecule has 0 saturated heterocycles. The molecule has 0 aromatic carbocycles. The van der Waals surface area contributed by atoms with Gasteiger partial charge in [-0.15, -0.1) is 0 Å². The number of allylic oxidation sites excluding steroid dienone is 1. The molecule has 1 heteroatoms. The lowest BCUT2D eigenvalue weighted by Gasteiger charge is -2.45. The molecule has 0 aromatic heterocycles. The summed E-state index contributed by atoms with van der Waals surface area (Å²) in [4.78, 5) is 0. The van der Waals surface area contributed by atoms with Gasteiger partial charge >= 0.3 is 0 Å². The van der Waals surface area contributed by atoms with E-state index >= 15 is 0 Å². The Morgan fingerprint density at radius 3 is 2.40 bits per heavy atom. The van der Waals surface area contributed by atoms with Crippen molar-refractivity contribution in [3.05, 3.63) is 12.2 Å². The average Bonchev–Trinajstić information content (AvgIpc) is 2.47. The van der Waals surface area contributed by atoms with E-state index in [9.17, 15) is 5.11 Å². The van der Waals surface area contributed by atoms with Crippen molar-refractivity contribution in [2.75, 3.05) is 0 Å². The highest BCUT2D eigenvalue weighted by Crippen LogP contribution is 2.70. The fourth-order valence-electron chi connectivity index (χ4n) is 4.04. The quantitative estimate of drug-likeness (QED) is 0.688. The number of rotatable bonds is 2. The molecular weight excluding hydrogens is 184 g/mol. The van der Waals surface area contributed by atoms with Crippen LogP contribution >= 0.6 is 0 Å². The first-order valence-electron chi connectivity index (χ1n) is 6.21. The molecule has 3 atom stereocenters. The molecule has 2 rings (SSSR count). The van der Waals surface area contributed by atoms with Crippen LogP contribution in [0.25, 0.3) is 0 Å². The topological polar surface area (TPSA) is 20.2 Å². The van der Waals surface area contributed by atoms with Gasteiger partial charge in [-0.3, -0.25) is 0 Å². The van der Waals surface area contributed by atoms with Crippen molar-refractivity contribution in [3.8, 4) is 0 Å². The molecule has 1 nitrogen and oxygen atoms in total. The molecule has 86 valence electrons. The van der Waals surface area contributed by atoms with Crippen LogP contribution in [-0.2, 0) is 0 Å². The Labute approximate surface area is 93.6 Å². The van der Waals surface area contributed by atoms with E-state index < -0.39 is 5.60 Å². The highest BCUT2D eigenvalue weighted by molar-refractivity contribution is 5.19. The van der Waals surface area contributed by atoms with Gasteiger partial charge in [0.15, 0.2) is 0 Å². The maximum Gasteiger partial charge on any atom is 0.0743 e. The van der Waals surface area contributed by atoms with Crippen LogP contribution in [0.15, 0.2) is 12.2 Å². The number of aliphatic hydroxyl groups is 1. The third kappa shape index (κ3) is 1.19. The molecule has 0 aromatic rings. The van der Waals surface area contributed by atoms with E-state index in [1.807, 2.05) is 6.92 Å². The van der Waals surface area contributed by atoms with Crippen LogP contribution < -0.4 is 0 Å². The van der Waals surface area contributed by atoms with Crippen LogP contribution in [0.2, 0.25) is 0 Å². The Balaban J connectivity index is 2.32. The lowest BCUT2D eigenvalue weighted by Crippen LogP contribution is -2.46. The summed E-state index contributed by atoms with van der Waals surface area (Å²) in [6.45, 7) is 9.02. The lowest BCUT2D eigenvalue weighted by atomic mass is 9.63. The largest absolute Gasteiger partial charge is 0.389 e. The van der Waals surface area contributed by atoms with E-state index in [4.69, 9.17) is 0 Å². The molecular formula is C14H24O. The SMILES string of the molecule is C/C=C/C[C@@]1(O)C[C@H]2CC[C@]1(C)C2(C)C. The molecule has 15 heavy (non-hydrogen) atoms. The van der Waals surface area contributed by atoms with Crippen molar-refractivity contribution in [2.24, 2.45) is 16.7 Å². The molecule has 0 aliphatic heterocycles. The van der Waals surface area contributed by atoms with Crippen molar-refractivity contribution in [1.29, 1.82) is 0 Å². The highest BCUT2D eigenvalue weighted by Gasteiger charge is 2.67. The van der Waals surface area contributed by atoms with Gasteiger partial charge in [-0.1, -0.05) is 32.9 Å². The first kappa shape index (κ1) is 11.2. The lowest BCUT2D eigenvalue weighted by molar-refractivity contribution is -0.0867. The molecule has 0 amide bonds. The Bertz CT molecular complexity index is 292. The maximum absolute atomic E-state index is 10.9. The van der Waals surface area contributed by atoms with Gasteiger partial charge in [0.25, 0.3) is 0 Å².